The van der Waals surface area contributed by atoms with Crippen LogP contribution in [0.3, 0.4) is 0 Å². The Bertz CT molecular complexity index is 397. The molecule has 1 N–H and O–H groups in total. The summed E-state index contributed by atoms with van der Waals surface area (Å²) in [6.45, 7) is 3.58. The predicted octanol–water partition coefficient (Wildman–Crippen LogP) is 2.05. The van der Waals surface area contributed by atoms with Crippen molar-refractivity contribution in [3.05, 3.63) is 29.8 Å². The quantitative estimate of drug-likeness (QED) is 0.798. The summed E-state index contributed by atoms with van der Waals surface area (Å²) in [6, 6.07) is 7.88. The van der Waals surface area contributed by atoms with Crippen LogP contribution in [0.5, 0.6) is 0 Å². The zero-order chi connectivity index (χ0) is 13.5. The van der Waals surface area contributed by atoms with Gasteiger partial charge in [0.2, 0.25) is 0 Å². The van der Waals surface area contributed by atoms with Crippen LogP contribution in [0, 0.1) is 0 Å². The van der Waals surface area contributed by atoms with Crippen molar-refractivity contribution in [3.63, 3.8) is 0 Å². The molecule has 0 spiro atoms. The maximum Gasteiger partial charge on any atom is 0.251 e. The number of anilines is 1. The van der Waals surface area contributed by atoms with Gasteiger partial charge in [0.15, 0.2) is 0 Å². The number of nitrogens with one attached hydrogen (secondary N) is 1. The highest BCUT2D eigenvalue weighted by molar-refractivity contribution is 5.94. The molecule has 0 unspecified atom stereocenters. The molecule has 0 bridgehead atoms. The lowest BCUT2D eigenvalue weighted by Gasteiger charge is -2.17. The highest BCUT2D eigenvalue weighted by Gasteiger charge is 2.12. The minimum Gasteiger partial charge on any atom is -0.385 e. The molecule has 1 saturated heterocycles. The fraction of sp³-hybridized carbons (Fsp3) is 0.533. The van der Waals surface area contributed by atoms with Crippen LogP contribution < -0.4 is 10.2 Å². The van der Waals surface area contributed by atoms with E-state index in [1.165, 1.54) is 18.5 Å². The lowest BCUT2D eigenvalue weighted by atomic mass is 10.2. The van der Waals surface area contributed by atoms with Crippen molar-refractivity contribution in [2.45, 2.75) is 19.3 Å². The van der Waals surface area contributed by atoms with Crippen molar-refractivity contribution < 1.29 is 9.53 Å². The third-order valence-electron chi connectivity index (χ3n) is 3.41. The first-order valence-electron chi connectivity index (χ1n) is 6.93. The Kier molecular flexibility index (Phi) is 5.21. The average Bonchev–Trinajstić information content (AvgIpc) is 2.98. The van der Waals surface area contributed by atoms with E-state index >= 15 is 0 Å². The zero-order valence-electron chi connectivity index (χ0n) is 11.5. The molecule has 1 heterocycles. The van der Waals surface area contributed by atoms with Crippen LogP contribution in [0.4, 0.5) is 5.69 Å². The molecule has 1 amide bonds. The van der Waals surface area contributed by atoms with Crippen molar-refractivity contribution in [1.29, 1.82) is 0 Å². The van der Waals surface area contributed by atoms with Gasteiger partial charge in [-0.3, -0.25) is 4.79 Å². The van der Waals surface area contributed by atoms with Gasteiger partial charge in [-0.2, -0.15) is 0 Å². The topological polar surface area (TPSA) is 41.6 Å². The summed E-state index contributed by atoms with van der Waals surface area (Å²) in [7, 11) is 1.67. The number of benzene rings is 1. The molecule has 1 aromatic rings. The summed E-state index contributed by atoms with van der Waals surface area (Å²) in [5.74, 6) is -0.0101. The standard InChI is InChI=1S/C15H22N2O2/c1-19-12-4-9-16-15(18)13-5-7-14(8-6-13)17-10-2-3-11-17/h5-8H,2-4,9-12H2,1H3,(H,16,18). The molecule has 104 valence electrons. The van der Waals surface area contributed by atoms with Gasteiger partial charge >= 0.3 is 0 Å². The first-order chi connectivity index (χ1) is 9.31. The summed E-state index contributed by atoms with van der Waals surface area (Å²) in [5.41, 5.74) is 1.94. The molecule has 0 atom stereocenters. The van der Waals surface area contributed by atoms with Gasteiger partial charge in [0.1, 0.15) is 0 Å². The number of methoxy groups -OCH3 is 1. The Labute approximate surface area is 114 Å². The van der Waals surface area contributed by atoms with Crippen LogP contribution in [-0.2, 0) is 4.74 Å². The van der Waals surface area contributed by atoms with E-state index in [1.54, 1.807) is 7.11 Å². The molecule has 1 aromatic carbocycles. The fourth-order valence-corrected chi connectivity index (χ4v) is 2.32. The largest absolute Gasteiger partial charge is 0.385 e. The van der Waals surface area contributed by atoms with E-state index in [-0.39, 0.29) is 5.91 Å². The highest BCUT2D eigenvalue weighted by atomic mass is 16.5. The van der Waals surface area contributed by atoms with Crippen LogP contribution in [0.1, 0.15) is 29.6 Å². The van der Waals surface area contributed by atoms with Crippen molar-refractivity contribution in [2.24, 2.45) is 0 Å². The minimum absolute atomic E-state index is 0.0101. The number of nitrogens with zero attached hydrogens (tertiary/aromatic N) is 1. The third kappa shape index (κ3) is 3.96. The van der Waals surface area contributed by atoms with Gasteiger partial charge in [0.25, 0.3) is 5.91 Å². The van der Waals surface area contributed by atoms with Crippen molar-refractivity contribution in [1.82, 2.24) is 5.32 Å². The van der Waals surface area contributed by atoms with E-state index in [0.29, 0.717) is 13.2 Å². The number of ether oxygens (including phenoxy) is 1. The van der Waals surface area contributed by atoms with E-state index in [1.807, 2.05) is 24.3 Å². The summed E-state index contributed by atoms with van der Waals surface area (Å²) < 4.78 is 4.95. The lowest BCUT2D eigenvalue weighted by Crippen LogP contribution is -2.25. The van der Waals surface area contributed by atoms with Crippen molar-refractivity contribution in [2.75, 3.05) is 38.3 Å². The number of hydrogen-bond acceptors (Lipinski definition) is 3. The SMILES string of the molecule is COCCCNC(=O)c1ccc(N2CCCC2)cc1. The average molecular weight is 262 g/mol. The number of hydrogen-bond donors (Lipinski definition) is 1. The van der Waals surface area contributed by atoms with Crippen LogP contribution in [0.25, 0.3) is 0 Å². The van der Waals surface area contributed by atoms with Gasteiger partial charge in [0, 0.05) is 44.6 Å². The Balaban J connectivity index is 1.85. The molecular weight excluding hydrogens is 240 g/mol. The molecule has 4 nitrogen and oxygen atoms in total. The molecule has 2 rings (SSSR count). The second kappa shape index (κ2) is 7.14. The van der Waals surface area contributed by atoms with E-state index in [4.69, 9.17) is 4.74 Å². The summed E-state index contributed by atoms with van der Waals surface area (Å²) in [4.78, 5) is 14.2. The first kappa shape index (κ1) is 13.9. The van der Waals surface area contributed by atoms with Gasteiger partial charge in [0.05, 0.1) is 0 Å². The number of carbonyl (C=O) groups is 1. The number of amides is 1. The maximum atomic E-state index is 11.9. The van der Waals surface area contributed by atoms with Crippen molar-refractivity contribution >= 4 is 11.6 Å². The lowest BCUT2D eigenvalue weighted by molar-refractivity contribution is 0.0948. The molecule has 0 aromatic heterocycles. The van der Waals surface area contributed by atoms with Crippen LogP contribution in [0.15, 0.2) is 24.3 Å². The fourth-order valence-electron chi connectivity index (χ4n) is 2.32. The molecule has 0 aliphatic carbocycles. The maximum absolute atomic E-state index is 11.9. The smallest absolute Gasteiger partial charge is 0.251 e. The third-order valence-corrected chi connectivity index (χ3v) is 3.41. The minimum atomic E-state index is -0.0101. The zero-order valence-corrected chi connectivity index (χ0v) is 11.5. The Morgan fingerprint density at radius 2 is 1.95 bits per heavy atom. The van der Waals surface area contributed by atoms with E-state index < -0.39 is 0 Å². The molecule has 4 heteroatoms. The van der Waals surface area contributed by atoms with E-state index in [2.05, 4.69) is 10.2 Å². The Hall–Kier alpha value is -1.55. The molecule has 1 fully saturated rings. The number of rotatable bonds is 6. The summed E-state index contributed by atoms with van der Waals surface area (Å²) in [5, 5.41) is 2.89. The Morgan fingerprint density at radius 3 is 2.58 bits per heavy atom. The van der Waals surface area contributed by atoms with Gasteiger partial charge in [-0.15, -0.1) is 0 Å². The second-order valence-electron chi connectivity index (χ2n) is 4.84. The molecule has 19 heavy (non-hydrogen) atoms. The first-order valence-corrected chi connectivity index (χ1v) is 6.93. The van der Waals surface area contributed by atoms with E-state index in [9.17, 15) is 4.79 Å². The molecule has 1 aliphatic heterocycles. The summed E-state index contributed by atoms with van der Waals surface area (Å²) in [6.07, 6.45) is 3.37. The predicted molar refractivity (Wildman–Crippen MR) is 76.7 cm³/mol. The normalized spacial score (nSPS) is 14.7. The highest BCUT2D eigenvalue weighted by Crippen LogP contribution is 2.20. The van der Waals surface area contributed by atoms with Crippen LogP contribution >= 0.6 is 0 Å². The van der Waals surface area contributed by atoms with Crippen molar-refractivity contribution in [3.8, 4) is 0 Å². The van der Waals surface area contributed by atoms with Gasteiger partial charge in [-0.25, -0.2) is 0 Å². The van der Waals surface area contributed by atoms with Gasteiger partial charge in [-0.1, -0.05) is 0 Å². The molecule has 1 aliphatic rings. The van der Waals surface area contributed by atoms with Crippen LogP contribution in [-0.4, -0.2) is 39.3 Å². The monoisotopic (exact) mass is 262 g/mol. The second-order valence-corrected chi connectivity index (χ2v) is 4.84. The molecule has 0 saturated carbocycles. The van der Waals surface area contributed by atoms with E-state index in [0.717, 1.165) is 25.1 Å². The Morgan fingerprint density at radius 1 is 1.26 bits per heavy atom. The summed E-state index contributed by atoms with van der Waals surface area (Å²) >= 11 is 0. The van der Waals surface area contributed by atoms with Crippen LogP contribution in [0.2, 0.25) is 0 Å². The van der Waals surface area contributed by atoms with Gasteiger partial charge in [-0.05, 0) is 43.5 Å². The molecule has 0 radical (unpaired) electrons. The number of carbonyl (C=O) groups excluding carboxylic acids is 1. The molecular formula is C15H22N2O2. The van der Waals surface area contributed by atoms with Gasteiger partial charge < -0.3 is 15.0 Å².